The second-order valence-electron chi connectivity index (χ2n) is 4.19. The van der Waals surface area contributed by atoms with Crippen LogP contribution in [0.5, 0.6) is 0 Å². The highest BCUT2D eigenvalue weighted by Crippen LogP contribution is 2.09. The zero-order chi connectivity index (χ0) is 15.9. The number of rotatable bonds is 3. The van der Waals surface area contributed by atoms with Gasteiger partial charge in [0.25, 0.3) is 0 Å². The minimum atomic E-state index is -0.938. The minimum absolute atomic E-state index is 0.196. The van der Waals surface area contributed by atoms with Gasteiger partial charge in [0.2, 0.25) is 0 Å². The van der Waals surface area contributed by atoms with E-state index in [0.29, 0.717) is 0 Å². The van der Waals surface area contributed by atoms with Gasteiger partial charge in [0, 0.05) is 14.8 Å². The summed E-state index contributed by atoms with van der Waals surface area (Å²) < 4.78 is 13.9. The quantitative estimate of drug-likeness (QED) is 0.353. The SMILES string of the molecule is O=C(N/N=C/c1ccccc1I)C(=O)Nc1cccc(F)c1. The predicted octanol–water partition coefficient (Wildman–Crippen LogP) is 2.52. The van der Waals surface area contributed by atoms with Gasteiger partial charge in [-0.15, -0.1) is 0 Å². The van der Waals surface area contributed by atoms with Crippen LogP contribution in [-0.4, -0.2) is 18.0 Å². The molecule has 112 valence electrons. The third-order valence-electron chi connectivity index (χ3n) is 2.56. The number of carbonyl (C=O) groups is 2. The van der Waals surface area contributed by atoms with Crippen molar-refractivity contribution in [3.8, 4) is 0 Å². The van der Waals surface area contributed by atoms with E-state index >= 15 is 0 Å². The minimum Gasteiger partial charge on any atom is -0.318 e. The lowest BCUT2D eigenvalue weighted by atomic mass is 10.2. The Hall–Kier alpha value is -2.29. The van der Waals surface area contributed by atoms with Crippen molar-refractivity contribution in [2.24, 2.45) is 5.10 Å². The summed E-state index contributed by atoms with van der Waals surface area (Å²) in [4.78, 5) is 23.2. The molecule has 2 amide bonds. The maximum absolute atomic E-state index is 13.0. The monoisotopic (exact) mass is 411 g/mol. The summed E-state index contributed by atoms with van der Waals surface area (Å²) in [5.74, 6) is -2.37. The summed E-state index contributed by atoms with van der Waals surface area (Å²) in [6, 6.07) is 12.7. The molecule has 0 fully saturated rings. The Balaban J connectivity index is 1.92. The first-order chi connectivity index (χ1) is 10.6. The van der Waals surface area contributed by atoms with Gasteiger partial charge in [-0.1, -0.05) is 24.3 Å². The summed E-state index contributed by atoms with van der Waals surface area (Å²) in [5.41, 5.74) is 3.12. The molecule has 2 aromatic rings. The lowest BCUT2D eigenvalue weighted by Crippen LogP contribution is -2.32. The van der Waals surface area contributed by atoms with E-state index in [1.54, 1.807) is 0 Å². The van der Waals surface area contributed by atoms with Crippen molar-refractivity contribution in [3.63, 3.8) is 0 Å². The van der Waals surface area contributed by atoms with E-state index < -0.39 is 17.6 Å². The molecule has 0 atom stereocenters. The van der Waals surface area contributed by atoms with Crippen LogP contribution in [0.3, 0.4) is 0 Å². The van der Waals surface area contributed by atoms with E-state index in [2.05, 4.69) is 38.4 Å². The van der Waals surface area contributed by atoms with E-state index in [9.17, 15) is 14.0 Å². The Labute approximate surface area is 139 Å². The van der Waals surface area contributed by atoms with E-state index in [4.69, 9.17) is 0 Å². The second-order valence-corrected chi connectivity index (χ2v) is 5.35. The van der Waals surface area contributed by atoms with Gasteiger partial charge < -0.3 is 5.32 Å². The molecule has 2 aromatic carbocycles. The molecule has 0 spiro atoms. The first kappa shape index (κ1) is 16.1. The standard InChI is InChI=1S/C15H11FIN3O2/c16-11-5-3-6-12(8-11)19-14(21)15(22)20-18-9-10-4-1-2-7-13(10)17/h1-9H,(H,19,21)(H,20,22)/b18-9+. The van der Waals surface area contributed by atoms with Crippen molar-refractivity contribution >= 4 is 46.3 Å². The zero-order valence-corrected chi connectivity index (χ0v) is 13.4. The number of hydrogen-bond donors (Lipinski definition) is 2. The van der Waals surface area contributed by atoms with E-state index in [-0.39, 0.29) is 5.69 Å². The smallest absolute Gasteiger partial charge is 0.318 e. The number of hydrogen-bond acceptors (Lipinski definition) is 3. The molecule has 0 radical (unpaired) electrons. The van der Waals surface area contributed by atoms with Crippen molar-refractivity contribution in [1.29, 1.82) is 0 Å². The molecule has 0 aliphatic rings. The summed E-state index contributed by atoms with van der Waals surface area (Å²) in [5, 5.41) is 5.99. The van der Waals surface area contributed by atoms with Gasteiger partial charge in [-0.2, -0.15) is 5.10 Å². The van der Waals surface area contributed by atoms with Crippen LogP contribution >= 0.6 is 22.6 Å². The predicted molar refractivity (Wildman–Crippen MR) is 89.9 cm³/mol. The summed E-state index contributed by atoms with van der Waals surface area (Å²) in [6.07, 6.45) is 1.44. The lowest BCUT2D eigenvalue weighted by molar-refractivity contribution is -0.136. The Kier molecular flexibility index (Phi) is 5.59. The molecular weight excluding hydrogens is 400 g/mol. The summed E-state index contributed by atoms with van der Waals surface area (Å²) in [7, 11) is 0. The molecule has 0 saturated heterocycles. The average Bonchev–Trinajstić information content (AvgIpc) is 2.49. The van der Waals surface area contributed by atoms with Gasteiger partial charge >= 0.3 is 11.8 Å². The number of benzene rings is 2. The van der Waals surface area contributed by atoms with Crippen molar-refractivity contribution in [2.45, 2.75) is 0 Å². The van der Waals surface area contributed by atoms with Crippen LogP contribution in [-0.2, 0) is 9.59 Å². The van der Waals surface area contributed by atoms with Gasteiger partial charge in [0.05, 0.1) is 6.21 Å². The molecule has 0 heterocycles. The topological polar surface area (TPSA) is 70.6 Å². The molecule has 2 rings (SSSR count). The number of hydrazone groups is 1. The van der Waals surface area contributed by atoms with Crippen LogP contribution in [0.25, 0.3) is 0 Å². The third-order valence-corrected chi connectivity index (χ3v) is 3.55. The van der Waals surface area contributed by atoms with Crippen molar-refractivity contribution in [3.05, 3.63) is 63.5 Å². The van der Waals surface area contributed by atoms with E-state index in [1.165, 1.54) is 24.4 Å². The average molecular weight is 411 g/mol. The maximum Gasteiger partial charge on any atom is 0.329 e. The van der Waals surface area contributed by atoms with Crippen molar-refractivity contribution in [2.75, 3.05) is 5.32 Å². The van der Waals surface area contributed by atoms with Gasteiger partial charge in [0.15, 0.2) is 0 Å². The second kappa shape index (κ2) is 7.64. The number of carbonyl (C=O) groups excluding carboxylic acids is 2. The fourth-order valence-electron chi connectivity index (χ4n) is 1.55. The molecule has 0 aromatic heterocycles. The van der Waals surface area contributed by atoms with Crippen molar-refractivity contribution < 1.29 is 14.0 Å². The number of halogens is 2. The molecule has 0 saturated carbocycles. The molecule has 0 unspecified atom stereocenters. The summed E-state index contributed by atoms with van der Waals surface area (Å²) >= 11 is 2.13. The molecule has 2 N–H and O–H groups in total. The Morgan fingerprint density at radius 1 is 1.09 bits per heavy atom. The fourth-order valence-corrected chi connectivity index (χ4v) is 2.07. The Morgan fingerprint density at radius 2 is 1.86 bits per heavy atom. The number of anilines is 1. The largest absolute Gasteiger partial charge is 0.329 e. The molecule has 22 heavy (non-hydrogen) atoms. The number of amides is 2. The highest BCUT2D eigenvalue weighted by Gasteiger charge is 2.12. The molecule has 0 aliphatic carbocycles. The number of nitrogens with one attached hydrogen (secondary N) is 2. The van der Waals surface area contributed by atoms with E-state index in [0.717, 1.165) is 15.2 Å². The molecule has 0 aliphatic heterocycles. The van der Waals surface area contributed by atoms with Crippen LogP contribution in [0.2, 0.25) is 0 Å². The summed E-state index contributed by atoms with van der Waals surface area (Å²) in [6.45, 7) is 0. The third kappa shape index (κ3) is 4.62. The maximum atomic E-state index is 13.0. The van der Waals surface area contributed by atoms with Crippen LogP contribution in [0.15, 0.2) is 53.6 Å². The Morgan fingerprint density at radius 3 is 2.59 bits per heavy atom. The first-order valence-corrected chi connectivity index (χ1v) is 7.28. The Bertz CT molecular complexity index is 734. The van der Waals surface area contributed by atoms with Gasteiger partial charge in [-0.05, 0) is 46.9 Å². The van der Waals surface area contributed by atoms with Crippen LogP contribution in [0.1, 0.15) is 5.56 Å². The fraction of sp³-hybridized carbons (Fsp3) is 0. The highest BCUT2D eigenvalue weighted by molar-refractivity contribution is 14.1. The van der Waals surface area contributed by atoms with Gasteiger partial charge in [0.1, 0.15) is 5.82 Å². The first-order valence-electron chi connectivity index (χ1n) is 6.21. The van der Waals surface area contributed by atoms with Gasteiger partial charge in [-0.3, -0.25) is 9.59 Å². The van der Waals surface area contributed by atoms with Crippen LogP contribution in [0.4, 0.5) is 10.1 Å². The lowest BCUT2D eigenvalue weighted by Gasteiger charge is -2.03. The molecule has 5 nitrogen and oxygen atoms in total. The normalized spacial score (nSPS) is 10.5. The van der Waals surface area contributed by atoms with Gasteiger partial charge in [-0.25, -0.2) is 9.82 Å². The molecule has 7 heteroatoms. The molecule has 0 bridgehead atoms. The van der Waals surface area contributed by atoms with Crippen molar-refractivity contribution in [1.82, 2.24) is 5.43 Å². The van der Waals surface area contributed by atoms with Crippen LogP contribution < -0.4 is 10.7 Å². The number of nitrogens with zero attached hydrogens (tertiary/aromatic N) is 1. The molecular formula is C15H11FIN3O2. The zero-order valence-electron chi connectivity index (χ0n) is 11.2. The van der Waals surface area contributed by atoms with E-state index in [1.807, 2.05) is 24.3 Å². The highest BCUT2D eigenvalue weighted by atomic mass is 127. The van der Waals surface area contributed by atoms with Crippen LogP contribution in [0, 0.1) is 9.39 Å².